The SMILES string of the molecule is C[C@]1(CN)CCC(c2ccc(Cl)cc2)=C(CN2CCN(c3ccc(C(=O)NS(=O)(=O)c4ccc(NCCN5CCOCC5)c(S(=O)(=O)C(F)(F)F)c4)c(Oc4cnc5[nH]ccc5c4)c3)CC2)C1. The topological polar surface area (TPSA) is 192 Å². The van der Waals surface area contributed by atoms with Gasteiger partial charge in [-0.3, -0.25) is 14.6 Å². The average Bonchev–Trinajstić information content (AvgIpc) is 3.78. The maximum absolute atomic E-state index is 14.0. The van der Waals surface area contributed by atoms with Gasteiger partial charge in [0.05, 0.1) is 35.6 Å². The number of amides is 1. The summed E-state index contributed by atoms with van der Waals surface area (Å²) in [6, 6.07) is 18.4. The number of rotatable bonds is 15. The maximum Gasteiger partial charge on any atom is 0.501 e. The van der Waals surface area contributed by atoms with Gasteiger partial charge in [0.2, 0.25) is 0 Å². The van der Waals surface area contributed by atoms with Crippen LogP contribution in [-0.4, -0.2) is 127 Å². The molecule has 0 spiro atoms. The number of nitrogens with one attached hydrogen (secondary N) is 3. The number of halogens is 4. The summed E-state index contributed by atoms with van der Waals surface area (Å²) in [7, 11) is -11.0. The number of sulfonamides is 1. The van der Waals surface area contributed by atoms with Crippen molar-refractivity contribution in [2.75, 3.05) is 88.9 Å². The van der Waals surface area contributed by atoms with Crippen LogP contribution < -0.4 is 25.4 Å². The van der Waals surface area contributed by atoms with Crippen molar-refractivity contribution in [3.8, 4) is 11.5 Å². The normalized spacial score (nSPS) is 19.2. The Hall–Kier alpha value is -5.22. The Morgan fingerprint density at radius 2 is 1.70 bits per heavy atom. The lowest BCUT2D eigenvalue weighted by molar-refractivity contribution is -0.0435. The number of fused-ring (bicyclic) bond motifs is 1. The number of carbonyl (C=O) groups is 1. The molecule has 0 radical (unpaired) electrons. The molecule has 2 aromatic heterocycles. The van der Waals surface area contributed by atoms with Crippen molar-refractivity contribution in [2.45, 2.75) is 41.5 Å². The quantitative estimate of drug-likeness (QED) is 0.0849. The van der Waals surface area contributed by atoms with Crippen molar-refractivity contribution in [2.24, 2.45) is 11.1 Å². The van der Waals surface area contributed by atoms with E-state index < -0.39 is 46.8 Å². The molecule has 1 atom stereocenters. The molecule has 15 nitrogen and oxygen atoms in total. The van der Waals surface area contributed by atoms with E-state index in [0.717, 1.165) is 56.6 Å². The number of pyridine rings is 1. The molecule has 21 heteroatoms. The molecule has 0 saturated carbocycles. The molecule has 67 heavy (non-hydrogen) atoms. The number of piperazine rings is 1. The molecular formula is C46H52ClF3N8O7S2. The van der Waals surface area contributed by atoms with Crippen molar-refractivity contribution in [1.29, 1.82) is 0 Å². The van der Waals surface area contributed by atoms with Gasteiger partial charge in [0.15, 0.2) is 0 Å². The number of aromatic amines is 1. The third-order valence-electron chi connectivity index (χ3n) is 12.6. The Balaban J connectivity index is 1.03. The number of ether oxygens (including phenoxy) is 2. The highest BCUT2D eigenvalue weighted by molar-refractivity contribution is 7.92. The number of carbonyl (C=O) groups excluding carboxylic acids is 1. The highest BCUT2D eigenvalue weighted by Crippen LogP contribution is 2.43. The monoisotopic (exact) mass is 984 g/mol. The van der Waals surface area contributed by atoms with E-state index >= 15 is 0 Å². The Morgan fingerprint density at radius 1 is 0.955 bits per heavy atom. The molecule has 2 fully saturated rings. The molecule has 0 bridgehead atoms. The van der Waals surface area contributed by atoms with Crippen molar-refractivity contribution < 1.29 is 44.3 Å². The van der Waals surface area contributed by atoms with E-state index in [1.54, 1.807) is 30.5 Å². The molecule has 8 rings (SSSR count). The van der Waals surface area contributed by atoms with Gasteiger partial charge < -0.3 is 30.4 Å². The summed E-state index contributed by atoms with van der Waals surface area (Å²) in [5.41, 5.74) is 4.97. The molecule has 2 aliphatic heterocycles. The number of hydrogen-bond acceptors (Lipinski definition) is 13. The van der Waals surface area contributed by atoms with Crippen LogP contribution in [0.25, 0.3) is 16.6 Å². The summed E-state index contributed by atoms with van der Waals surface area (Å²) in [5, 5.41) is 4.10. The molecule has 1 amide bonds. The van der Waals surface area contributed by atoms with Crippen LogP contribution in [0.3, 0.4) is 0 Å². The van der Waals surface area contributed by atoms with Crippen LogP contribution >= 0.6 is 11.6 Å². The van der Waals surface area contributed by atoms with Gasteiger partial charge in [0, 0.05) is 87.3 Å². The zero-order chi connectivity index (χ0) is 47.6. The van der Waals surface area contributed by atoms with Crippen LogP contribution in [0, 0.1) is 5.41 Å². The zero-order valence-electron chi connectivity index (χ0n) is 36.7. The maximum atomic E-state index is 14.0. The number of morpholine rings is 1. The van der Waals surface area contributed by atoms with Gasteiger partial charge in [0.25, 0.3) is 25.8 Å². The number of nitrogens with zero attached hydrogens (tertiary/aromatic N) is 4. The Kier molecular flexibility index (Phi) is 14.2. The first-order valence-corrected chi connectivity index (χ1v) is 25.2. The second-order valence-corrected chi connectivity index (χ2v) is 21.4. The summed E-state index contributed by atoms with van der Waals surface area (Å²) in [5.74, 6) is -0.950. The third kappa shape index (κ3) is 11.1. The first-order chi connectivity index (χ1) is 31.9. The smallest absolute Gasteiger partial charge is 0.455 e. The number of sulfone groups is 1. The van der Waals surface area contributed by atoms with Gasteiger partial charge in [-0.15, -0.1) is 0 Å². The van der Waals surface area contributed by atoms with Gasteiger partial charge in [0.1, 0.15) is 22.0 Å². The van der Waals surface area contributed by atoms with Crippen molar-refractivity contribution in [1.82, 2.24) is 24.5 Å². The molecule has 3 aliphatic rings. The summed E-state index contributed by atoms with van der Waals surface area (Å²) in [6.45, 7) is 8.82. The molecule has 2 saturated heterocycles. The first-order valence-electron chi connectivity index (χ1n) is 21.9. The number of alkyl halides is 3. The number of benzene rings is 3. The molecule has 5 aromatic rings. The standard InChI is InChI=1S/C46H52ClF3N8O7S2/c1-45(30-51)12-10-38(31-2-4-34(47)5-3-31)33(27-45)29-57-16-18-58(19-17-57)35-6-8-39(41(25-35)65-36-24-32-11-13-53-43(32)54-28-36)44(59)55-67(62,63)37-7-9-40(42(26-37)66(60,61)46(48,49)50)52-14-15-56-20-22-64-23-21-56/h2-9,11,13,24-26,28,52H,10,12,14-23,27,29-30,51H2,1H3,(H,53,54)(H,55,59)/t45-/m0/s1. The van der Waals surface area contributed by atoms with Crippen LogP contribution in [0.15, 0.2) is 101 Å². The van der Waals surface area contributed by atoms with Crippen LogP contribution in [0.2, 0.25) is 5.02 Å². The molecule has 5 N–H and O–H groups in total. The number of hydrogen-bond donors (Lipinski definition) is 4. The highest BCUT2D eigenvalue weighted by atomic mass is 35.5. The zero-order valence-corrected chi connectivity index (χ0v) is 39.1. The van der Waals surface area contributed by atoms with E-state index in [4.69, 9.17) is 26.8 Å². The van der Waals surface area contributed by atoms with Crippen molar-refractivity contribution in [3.63, 3.8) is 0 Å². The summed E-state index contributed by atoms with van der Waals surface area (Å²) in [6.07, 6.45) is 5.94. The van der Waals surface area contributed by atoms with Crippen LogP contribution in [0.5, 0.6) is 11.5 Å². The van der Waals surface area contributed by atoms with Crippen molar-refractivity contribution in [3.05, 3.63) is 107 Å². The first kappa shape index (κ1) is 48.2. The molecule has 0 unspecified atom stereocenters. The van der Waals surface area contributed by atoms with E-state index in [9.17, 15) is 34.8 Å². The van der Waals surface area contributed by atoms with E-state index in [1.807, 2.05) is 21.8 Å². The number of H-pyrrole nitrogens is 1. The minimum Gasteiger partial charge on any atom is -0.455 e. The highest BCUT2D eigenvalue weighted by Gasteiger charge is 2.48. The van der Waals surface area contributed by atoms with E-state index in [0.29, 0.717) is 80.3 Å². The van der Waals surface area contributed by atoms with E-state index in [1.165, 1.54) is 23.4 Å². The Labute approximate surface area is 392 Å². The molecule has 1 aliphatic carbocycles. The van der Waals surface area contributed by atoms with Crippen LogP contribution in [0.1, 0.15) is 42.1 Å². The summed E-state index contributed by atoms with van der Waals surface area (Å²) >= 11 is 6.22. The molecular weight excluding hydrogens is 933 g/mol. The minimum absolute atomic E-state index is 0.0000226. The second-order valence-electron chi connectivity index (χ2n) is 17.3. The predicted molar refractivity (Wildman–Crippen MR) is 251 cm³/mol. The van der Waals surface area contributed by atoms with Crippen LogP contribution in [-0.2, 0) is 24.6 Å². The lowest BCUT2D eigenvalue weighted by Gasteiger charge is -2.40. The fourth-order valence-corrected chi connectivity index (χ4v) is 10.9. The van der Waals surface area contributed by atoms with Gasteiger partial charge in [-0.1, -0.05) is 36.2 Å². The lowest BCUT2D eigenvalue weighted by atomic mass is 9.71. The third-order valence-corrected chi connectivity index (χ3v) is 15.7. The lowest BCUT2D eigenvalue weighted by Crippen LogP contribution is -2.47. The van der Waals surface area contributed by atoms with Gasteiger partial charge in [-0.2, -0.15) is 13.2 Å². The predicted octanol–water partition coefficient (Wildman–Crippen LogP) is 6.89. The van der Waals surface area contributed by atoms with Crippen LogP contribution in [0.4, 0.5) is 24.5 Å². The molecule has 358 valence electrons. The fraction of sp³-hybridized carbons (Fsp3) is 0.391. The van der Waals surface area contributed by atoms with Gasteiger partial charge in [-0.25, -0.2) is 26.5 Å². The summed E-state index contributed by atoms with van der Waals surface area (Å²) < 4.78 is 109. The molecule has 4 heterocycles. The second kappa shape index (κ2) is 19.8. The van der Waals surface area contributed by atoms with Crippen molar-refractivity contribution >= 4 is 65.3 Å². The number of anilines is 2. The van der Waals surface area contributed by atoms with E-state index in [2.05, 4.69) is 44.1 Å². The molecule has 3 aromatic carbocycles. The Bertz CT molecular complexity index is 2870. The minimum atomic E-state index is -6.05. The number of nitrogens with two attached hydrogens (primary N) is 1. The van der Waals surface area contributed by atoms with E-state index in [-0.39, 0.29) is 29.0 Å². The largest absolute Gasteiger partial charge is 0.501 e. The number of aromatic nitrogens is 2. The Morgan fingerprint density at radius 3 is 2.42 bits per heavy atom. The average molecular weight is 986 g/mol. The fourth-order valence-electron chi connectivity index (χ4n) is 8.73. The van der Waals surface area contributed by atoms with Gasteiger partial charge in [-0.05, 0) is 97.0 Å². The van der Waals surface area contributed by atoms with Gasteiger partial charge >= 0.3 is 5.51 Å². The summed E-state index contributed by atoms with van der Waals surface area (Å²) in [4.78, 5) is 25.7. The number of allylic oxidation sites excluding steroid dienone is 1.